The molecule has 130 valence electrons. The third-order valence-electron chi connectivity index (χ3n) is 3.80. The third-order valence-corrected chi connectivity index (χ3v) is 4.74. The summed E-state index contributed by atoms with van der Waals surface area (Å²) >= 11 is 1.53. The van der Waals surface area contributed by atoms with Gasteiger partial charge in [0.15, 0.2) is 0 Å². The first-order valence-corrected chi connectivity index (χ1v) is 8.86. The molecule has 2 aromatic carbocycles. The Labute approximate surface area is 154 Å². The van der Waals surface area contributed by atoms with E-state index in [1.54, 1.807) is 36.4 Å². The highest BCUT2D eigenvalue weighted by Gasteiger charge is 2.17. The van der Waals surface area contributed by atoms with Crippen molar-refractivity contribution in [2.75, 3.05) is 11.9 Å². The topological polar surface area (TPSA) is 64.9 Å². The molecule has 0 radical (unpaired) electrons. The first kappa shape index (κ1) is 17.6. The van der Waals surface area contributed by atoms with Crippen molar-refractivity contribution >= 4 is 22.9 Å². The molecule has 6 heteroatoms. The van der Waals surface area contributed by atoms with E-state index in [1.165, 1.54) is 23.5 Å². The third kappa shape index (κ3) is 4.47. The predicted octanol–water partition coefficient (Wildman–Crippen LogP) is 4.08. The van der Waals surface area contributed by atoms with Crippen LogP contribution in [0.25, 0.3) is 0 Å². The molecule has 1 heterocycles. The Hall–Kier alpha value is -3.17. The Morgan fingerprint density at radius 1 is 1.12 bits per heavy atom. The van der Waals surface area contributed by atoms with Gasteiger partial charge >= 0.3 is 0 Å². The lowest BCUT2D eigenvalue weighted by Gasteiger charge is -2.18. The van der Waals surface area contributed by atoms with Crippen LogP contribution < -0.4 is 10.6 Å². The Morgan fingerprint density at radius 2 is 1.85 bits per heavy atom. The van der Waals surface area contributed by atoms with Crippen molar-refractivity contribution in [3.05, 3.63) is 87.9 Å². The molecule has 4 nitrogen and oxygen atoms in total. The lowest BCUT2D eigenvalue weighted by molar-refractivity contribution is -0.119. The van der Waals surface area contributed by atoms with Crippen LogP contribution in [0, 0.1) is 17.1 Å². The average Bonchev–Trinajstić information content (AvgIpc) is 3.20. The molecule has 0 bridgehead atoms. The van der Waals surface area contributed by atoms with Gasteiger partial charge in [0.2, 0.25) is 5.91 Å². The number of carbonyl (C=O) groups is 1. The SMILES string of the molecule is N#Cc1ccc(NCC(=O)NC(c2ccc(F)cc2)c2cccs2)cc1. The van der Waals surface area contributed by atoms with E-state index < -0.39 is 0 Å². The van der Waals surface area contributed by atoms with Gasteiger partial charge in [-0.2, -0.15) is 5.26 Å². The zero-order valence-corrected chi connectivity index (χ0v) is 14.6. The van der Waals surface area contributed by atoms with Gasteiger partial charge in [0.25, 0.3) is 0 Å². The van der Waals surface area contributed by atoms with Crippen LogP contribution in [0.3, 0.4) is 0 Å². The van der Waals surface area contributed by atoms with E-state index in [9.17, 15) is 9.18 Å². The fourth-order valence-corrected chi connectivity index (χ4v) is 3.29. The number of nitriles is 1. The van der Waals surface area contributed by atoms with Crippen LogP contribution in [0.15, 0.2) is 66.0 Å². The number of amides is 1. The molecule has 0 aliphatic heterocycles. The largest absolute Gasteiger partial charge is 0.376 e. The molecule has 0 saturated heterocycles. The number of nitrogens with zero attached hydrogens (tertiary/aromatic N) is 1. The van der Waals surface area contributed by atoms with Gasteiger partial charge in [-0.05, 0) is 53.4 Å². The summed E-state index contributed by atoms with van der Waals surface area (Å²) in [5, 5.41) is 16.8. The van der Waals surface area contributed by atoms with Crippen LogP contribution in [0.1, 0.15) is 22.0 Å². The number of nitrogens with one attached hydrogen (secondary N) is 2. The van der Waals surface area contributed by atoms with E-state index >= 15 is 0 Å². The minimum Gasteiger partial charge on any atom is -0.376 e. The number of anilines is 1. The van der Waals surface area contributed by atoms with E-state index in [4.69, 9.17) is 5.26 Å². The van der Waals surface area contributed by atoms with Gasteiger partial charge in [-0.3, -0.25) is 4.79 Å². The Balaban J connectivity index is 1.67. The van der Waals surface area contributed by atoms with Crippen LogP contribution in [0.4, 0.5) is 10.1 Å². The molecule has 3 rings (SSSR count). The molecule has 0 aliphatic rings. The molecule has 1 unspecified atom stereocenters. The highest BCUT2D eigenvalue weighted by molar-refractivity contribution is 7.10. The highest BCUT2D eigenvalue weighted by Crippen LogP contribution is 2.26. The van der Waals surface area contributed by atoms with Gasteiger partial charge in [-0.25, -0.2) is 4.39 Å². The van der Waals surface area contributed by atoms with E-state index in [0.29, 0.717) is 5.56 Å². The van der Waals surface area contributed by atoms with Crippen molar-refractivity contribution in [1.29, 1.82) is 5.26 Å². The maximum Gasteiger partial charge on any atom is 0.240 e. The fourth-order valence-electron chi connectivity index (χ4n) is 2.49. The molecular weight excluding hydrogens is 349 g/mol. The number of halogens is 1. The van der Waals surface area contributed by atoms with E-state index in [2.05, 4.69) is 16.7 Å². The van der Waals surface area contributed by atoms with Crippen LogP contribution >= 0.6 is 11.3 Å². The molecule has 1 aromatic heterocycles. The van der Waals surface area contributed by atoms with Crippen molar-refractivity contribution in [2.24, 2.45) is 0 Å². The van der Waals surface area contributed by atoms with Crippen LogP contribution in [-0.2, 0) is 4.79 Å². The summed E-state index contributed by atoms with van der Waals surface area (Å²) in [5.41, 5.74) is 2.14. The molecule has 0 saturated carbocycles. The molecule has 1 atom stereocenters. The molecular formula is C20H16FN3OS. The number of carbonyl (C=O) groups excluding carboxylic acids is 1. The van der Waals surface area contributed by atoms with Gasteiger partial charge < -0.3 is 10.6 Å². The Kier molecular flexibility index (Phi) is 5.62. The second-order valence-corrected chi connectivity index (χ2v) is 6.59. The summed E-state index contributed by atoms with van der Waals surface area (Å²) in [7, 11) is 0. The molecule has 2 N–H and O–H groups in total. The van der Waals surface area contributed by atoms with Gasteiger partial charge in [0, 0.05) is 10.6 Å². The second-order valence-electron chi connectivity index (χ2n) is 5.61. The van der Waals surface area contributed by atoms with Gasteiger partial charge in [0.05, 0.1) is 24.2 Å². The van der Waals surface area contributed by atoms with Crippen molar-refractivity contribution in [3.8, 4) is 6.07 Å². The van der Waals surface area contributed by atoms with Crippen LogP contribution in [0.2, 0.25) is 0 Å². The standard InChI is InChI=1S/C20H16FN3OS/c21-16-7-5-15(6-8-16)20(18-2-1-11-26-18)24-19(25)13-23-17-9-3-14(12-22)4-10-17/h1-11,20,23H,13H2,(H,24,25). The summed E-state index contributed by atoms with van der Waals surface area (Å²) in [4.78, 5) is 13.4. The predicted molar refractivity (Wildman–Crippen MR) is 100 cm³/mol. The van der Waals surface area contributed by atoms with Crippen LogP contribution in [-0.4, -0.2) is 12.5 Å². The van der Waals surface area contributed by atoms with Crippen LogP contribution in [0.5, 0.6) is 0 Å². The van der Waals surface area contributed by atoms with E-state index in [0.717, 1.165) is 16.1 Å². The lowest BCUT2D eigenvalue weighted by atomic mass is 10.1. The monoisotopic (exact) mass is 365 g/mol. The Bertz CT molecular complexity index is 900. The van der Waals surface area contributed by atoms with Crippen molar-refractivity contribution in [2.45, 2.75) is 6.04 Å². The number of rotatable bonds is 6. The number of hydrogen-bond donors (Lipinski definition) is 2. The van der Waals surface area contributed by atoms with Crippen molar-refractivity contribution in [1.82, 2.24) is 5.32 Å². The summed E-state index contributed by atoms with van der Waals surface area (Å²) in [6, 6.07) is 18.6. The highest BCUT2D eigenvalue weighted by atomic mass is 32.1. The van der Waals surface area contributed by atoms with Crippen molar-refractivity contribution < 1.29 is 9.18 Å². The summed E-state index contributed by atoms with van der Waals surface area (Å²) in [6.07, 6.45) is 0. The van der Waals surface area contributed by atoms with Crippen molar-refractivity contribution in [3.63, 3.8) is 0 Å². The zero-order valence-electron chi connectivity index (χ0n) is 13.8. The number of hydrogen-bond acceptors (Lipinski definition) is 4. The first-order valence-electron chi connectivity index (χ1n) is 7.98. The molecule has 0 fully saturated rings. The van der Waals surface area contributed by atoms with E-state index in [1.807, 2.05) is 17.5 Å². The average molecular weight is 365 g/mol. The second kappa shape index (κ2) is 8.28. The summed E-state index contributed by atoms with van der Waals surface area (Å²) in [6.45, 7) is 0.0922. The molecule has 0 spiro atoms. The fraction of sp³-hybridized carbons (Fsp3) is 0.100. The Morgan fingerprint density at radius 3 is 2.46 bits per heavy atom. The summed E-state index contributed by atoms with van der Waals surface area (Å²) in [5.74, 6) is -0.496. The molecule has 0 aliphatic carbocycles. The number of benzene rings is 2. The smallest absolute Gasteiger partial charge is 0.240 e. The molecule has 26 heavy (non-hydrogen) atoms. The zero-order chi connectivity index (χ0) is 18.4. The normalized spacial score (nSPS) is 11.4. The van der Waals surface area contributed by atoms with E-state index in [-0.39, 0.29) is 24.3 Å². The summed E-state index contributed by atoms with van der Waals surface area (Å²) < 4.78 is 13.2. The maximum atomic E-state index is 13.2. The molecule has 3 aromatic rings. The van der Waals surface area contributed by atoms with Gasteiger partial charge in [-0.1, -0.05) is 18.2 Å². The number of thiophene rings is 1. The quantitative estimate of drug-likeness (QED) is 0.692. The molecule has 1 amide bonds. The maximum absolute atomic E-state index is 13.2. The minimum atomic E-state index is -0.328. The van der Waals surface area contributed by atoms with Gasteiger partial charge in [-0.15, -0.1) is 11.3 Å². The van der Waals surface area contributed by atoms with Gasteiger partial charge in [0.1, 0.15) is 5.82 Å². The lowest BCUT2D eigenvalue weighted by Crippen LogP contribution is -2.33. The minimum absolute atomic E-state index is 0.0922. The first-order chi connectivity index (χ1) is 12.7.